The van der Waals surface area contributed by atoms with Crippen LogP contribution in [0.15, 0.2) is 34.5 Å². The number of hydrogen-bond donors (Lipinski definition) is 2. The summed E-state index contributed by atoms with van der Waals surface area (Å²) < 4.78 is 26.8. The Morgan fingerprint density at radius 3 is 2.72 bits per heavy atom. The molecule has 0 aliphatic rings. The van der Waals surface area contributed by atoms with Crippen molar-refractivity contribution in [3.05, 3.63) is 40.9 Å². The Hall–Kier alpha value is -1.44. The first-order valence-electron chi connectivity index (χ1n) is 5.26. The van der Waals surface area contributed by atoms with Crippen LogP contribution in [-0.4, -0.2) is 13.4 Å². The predicted molar refractivity (Wildman–Crippen MR) is 72.0 cm³/mol. The molecule has 2 rings (SSSR count). The summed E-state index contributed by atoms with van der Waals surface area (Å²) in [6, 6.07) is 6.65. The van der Waals surface area contributed by atoms with Crippen molar-refractivity contribution in [2.75, 3.05) is 4.72 Å². The maximum atomic E-state index is 12.2. The number of thiazole rings is 1. The van der Waals surface area contributed by atoms with Crippen LogP contribution in [0.2, 0.25) is 0 Å². The molecule has 0 aliphatic heterocycles. The molecule has 0 radical (unpaired) electrons. The van der Waals surface area contributed by atoms with Gasteiger partial charge in [0, 0.05) is 11.9 Å². The van der Waals surface area contributed by atoms with Crippen LogP contribution in [0.4, 0.5) is 5.13 Å². The minimum absolute atomic E-state index is 0.175. The highest BCUT2D eigenvalue weighted by molar-refractivity contribution is 7.93. The quantitative estimate of drug-likeness (QED) is 0.894. The summed E-state index contributed by atoms with van der Waals surface area (Å²) in [6.45, 7) is 1.98. The molecule has 1 aromatic carbocycles. The minimum atomic E-state index is -3.62. The highest BCUT2D eigenvalue weighted by Crippen LogP contribution is 2.21. The number of nitrogens with one attached hydrogen (secondary N) is 1. The van der Waals surface area contributed by atoms with Gasteiger partial charge in [0.05, 0.1) is 10.6 Å². The maximum Gasteiger partial charge on any atom is 0.263 e. The second-order valence-electron chi connectivity index (χ2n) is 3.71. The van der Waals surface area contributed by atoms with Gasteiger partial charge in [-0.3, -0.25) is 4.72 Å². The van der Waals surface area contributed by atoms with Crippen molar-refractivity contribution >= 4 is 26.5 Å². The summed E-state index contributed by atoms with van der Waals surface area (Å²) in [7, 11) is -3.62. The molecule has 0 saturated carbocycles. The molecule has 0 spiro atoms. The monoisotopic (exact) mass is 283 g/mol. The first-order chi connectivity index (χ1) is 8.53. The lowest BCUT2D eigenvalue weighted by atomic mass is 10.2. The molecule has 96 valence electrons. The van der Waals surface area contributed by atoms with Gasteiger partial charge in [0.1, 0.15) is 0 Å². The van der Waals surface area contributed by atoms with Crippen LogP contribution < -0.4 is 10.5 Å². The molecule has 0 aliphatic carbocycles. The number of anilines is 1. The molecule has 0 amide bonds. The van der Waals surface area contributed by atoms with E-state index in [1.165, 1.54) is 17.4 Å². The molecule has 7 heteroatoms. The second-order valence-corrected chi connectivity index (χ2v) is 6.22. The molecule has 1 aromatic heterocycles. The zero-order valence-electron chi connectivity index (χ0n) is 9.75. The molecule has 3 N–H and O–H groups in total. The summed E-state index contributed by atoms with van der Waals surface area (Å²) in [6.07, 6.45) is 0. The van der Waals surface area contributed by atoms with Gasteiger partial charge in [0.25, 0.3) is 10.0 Å². The number of aryl methyl sites for hydroxylation is 1. The summed E-state index contributed by atoms with van der Waals surface area (Å²) >= 11 is 1.25. The van der Waals surface area contributed by atoms with Crippen LogP contribution in [0.25, 0.3) is 0 Å². The van der Waals surface area contributed by atoms with Crippen molar-refractivity contribution in [2.24, 2.45) is 5.73 Å². The van der Waals surface area contributed by atoms with E-state index in [1.54, 1.807) is 23.6 Å². The summed E-state index contributed by atoms with van der Waals surface area (Å²) in [4.78, 5) is 4.27. The number of nitrogens with two attached hydrogens (primary N) is 1. The van der Waals surface area contributed by atoms with Gasteiger partial charge in [-0.15, -0.1) is 11.3 Å². The zero-order chi connectivity index (χ0) is 13.2. The number of hydrogen-bond acceptors (Lipinski definition) is 5. The van der Waals surface area contributed by atoms with Gasteiger partial charge in [-0.25, -0.2) is 13.4 Å². The van der Waals surface area contributed by atoms with Gasteiger partial charge < -0.3 is 5.73 Å². The van der Waals surface area contributed by atoms with Crippen molar-refractivity contribution in [1.29, 1.82) is 0 Å². The minimum Gasteiger partial charge on any atom is -0.326 e. The van der Waals surface area contributed by atoms with Crippen molar-refractivity contribution in [2.45, 2.75) is 18.4 Å². The van der Waals surface area contributed by atoms with Crippen LogP contribution in [0, 0.1) is 6.92 Å². The number of rotatable bonds is 4. The Balaban J connectivity index is 2.36. The van der Waals surface area contributed by atoms with Crippen LogP contribution in [0.1, 0.15) is 11.3 Å². The van der Waals surface area contributed by atoms with Crippen molar-refractivity contribution in [3.63, 3.8) is 0 Å². The highest BCUT2D eigenvalue weighted by atomic mass is 32.2. The van der Waals surface area contributed by atoms with Gasteiger partial charge in [0.15, 0.2) is 5.13 Å². The van der Waals surface area contributed by atoms with E-state index in [0.29, 0.717) is 10.7 Å². The first kappa shape index (κ1) is 13.0. The molecule has 0 fully saturated rings. The number of sulfonamides is 1. The summed E-state index contributed by atoms with van der Waals surface area (Å²) in [5.74, 6) is 0. The van der Waals surface area contributed by atoms with Crippen molar-refractivity contribution < 1.29 is 8.42 Å². The smallest absolute Gasteiger partial charge is 0.263 e. The van der Waals surface area contributed by atoms with E-state index < -0.39 is 10.0 Å². The summed E-state index contributed by atoms with van der Waals surface area (Å²) in [5, 5.41) is 2.14. The van der Waals surface area contributed by atoms with Gasteiger partial charge in [-0.05, 0) is 18.6 Å². The predicted octanol–water partition coefficient (Wildman–Crippen LogP) is 1.71. The third kappa shape index (κ3) is 2.69. The van der Waals surface area contributed by atoms with Gasteiger partial charge in [0.2, 0.25) is 0 Å². The Kier molecular flexibility index (Phi) is 3.65. The third-order valence-electron chi connectivity index (χ3n) is 2.32. The van der Waals surface area contributed by atoms with E-state index in [0.717, 1.165) is 5.69 Å². The number of nitrogens with zero attached hydrogens (tertiary/aromatic N) is 1. The first-order valence-corrected chi connectivity index (χ1v) is 7.62. The molecule has 2 aromatic rings. The van der Waals surface area contributed by atoms with E-state index in [-0.39, 0.29) is 11.4 Å². The van der Waals surface area contributed by atoms with Gasteiger partial charge in [-0.1, -0.05) is 18.2 Å². The average Bonchev–Trinajstić information content (AvgIpc) is 2.74. The fraction of sp³-hybridized carbons (Fsp3) is 0.182. The van der Waals surface area contributed by atoms with E-state index >= 15 is 0 Å². The van der Waals surface area contributed by atoms with Crippen LogP contribution in [0.3, 0.4) is 0 Å². The Morgan fingerprint density at radius 1 is 1.39 bits per heavy atom. The summed E-state index contributed by atoms with van der Waals surface area (Å²) in [5.41, 5.74) is 6.90. The molecule has 5 nitrogen and oxygen atoms in total. The third-order valence-corrected chi connectivity index (χ3v) is 4.77. The van der Waals surface area contributed by atoms with Crippen LogP contribution in [-0.2, 0) is 16.6 Å². The standard InChI is InChI=1S/C11H13N3O2S2/c1-8-7-17-11(13-8)14-18(15,16)10-5-3-2-4-9(10)6-12/h2-5,7H,6,12H2,1H3,(H,13,14). The van der Waals surface area contributed by atoms with E-state index in [2.05, 4.69) is 9.71 Å². The SMILES string of the molecule is Cc1csc(NS(=O)(=O)c2ccccc2CN)n1. The van der Waals surface area contributed by atoms with Crippen LogP contribution >= 0.6 is 11.3 Å². The Bertz CT molecular complexity index is 650. The fourth-order valence-electron chi connectivity index (χ4n) is 1.51. The van der Waals surface area contributed by atoms with Gasteiger partial charge >= 0.3 is 0 Å². The molecule has 0 bridgehead atoms. The second kappa shape index (κ2) is 5.05. The average molecular weight is 283 g/mol. The van der Waals surface area contributed by atoms with E-state index in [1.807, 2.05) is 6.92 Å². The molecule has 0 saturated heterocycles. The normalized spacial score (nSPS) is 11.4. The number of benzene rings is 1. The van der Waals surface area contributed by atoms with Crippen molar-refractivity contribution in [3.8, 4) is 0 Å². The molecular formula is C11H13N3O2S2. The number of aromatic nitrogens is 1. The lowest BCUT2D eigenvalue weighted by Gasteiger charge is -2.09. The zero-order valence-corrected chi connectivity index (χ0v) is 11.4. The maximum absolute atomic E-state index is 12.2. The molecular weight excluding hydrogens is 270 g/mol. The molecule has 1 heterocycles. The molecule has 0 unspecified atom stereocenters. The molecule has 18 heavy (non-hydrogen) atoms. The Morgan fingerprint density at radius 2 is 2.11 bits per heavy atom. The highest BCUT2D eigenvalue weighted by Gasteiger charge is 2.18. The van der Waals surface area contributed by atoms with Crippen molar-refractivity contribution in [1.82, 2.24) is 4.98 Å². The fourth-order valence-corrected chi connectivity index (χ4v) is 3.70. The van der Waals surface area contributed by atoms with Crippen LogP contribution in [0.5, 0.6) is 0 Å². The van der Waals surface area contributed by atoms with E-state index in [4.69, 9.17) is 5.73 Å². The largest absolute Gasteiger partial charge is 0.326 e. The van der Waals surface area contributed by atoms with Gasteiger partial charge in [-0.2, -0.15) is 0 Å². The Labute approximate surface area is 110 Å². The molecule has 0 atom stereocenters. The lowest BCUT2D eigenvalue weighted by molar-refractivity contribution is 0.600. The topological polar surface area (TPSA) is 85.1 Å². The lowest BCUT2D eigenvalue weighted by Crippen LogP contribution is -2.16. The van der Waals surface area contributed by atoms with E-state index in [9.17, 15) is 8.42 Å².